The molecule has 0 fully saturated rings. The Morgan fingerprint density at radius 1 is 1.17 bits per heavy atom. The zero-order valence-electron chi connectivity index (χ0n) is 18.8. The number of aromatic nitrogens is 1. The van der Waals surface area contributed by atoms with Gasteiger partial charge in [0, 0.05) is 37.1 Å². The molecule has 0 aliphatic carbocycles. The summed E-state index contributed by atoms with van der Waals surface area (Å²) < 4.78 is 15.8. The Bertz CT molecular complexity index is 1060. The first-order chi connectivity index (χ1) is 14.5. The zero-order valence-corrected chi connectivity index (χ0v) is 18.8. The second-order valence-electron chi connectivity index (χ2n) is 7.92. The maximum atomic E-state index is 13.3. The number of halogens is 1. The molecule has 4 rings (SSSR count). The van der Waals surface area contributed by atoms with Crippen molar-refractivity contribution < 1.29 is 4.39 Å². The van der Waals surface area contributed by atoms with Crippen molar-refractivity contribution in [2.24, 2.45) is 0 Å². The van der Waals surface area contributed by atoms with Crippen LogP contribution in [0.2, 0.25) is 0 Å². The fourth-order valence-electron chi connectivity index (χ4n) is 4.42. The number of aryl methyl sites for hydroxylation is 1. The normalized spacial score (nSPS) is 13.5. The van der Waals surface area contributed by atoms with Gasteiger partial charge < -0.3 is 9.47 Å². The Balaban J connectivity index is 0.00000124. The lowest BCUT2D eigenvalue weighted by Crippen LogP contribution is -2.27. The summed E-state index contributed by atoms with van der Waals surface area (Å²) in [5.41, 5.74) is 8.74. The number of allylic oxidation sites excluding steroid dienone is 2. The molecule has 0 radical (unpaired) electrons. The quantitative estimate of drug-likeness (QED) is 0.438. The molecule has 0 unspecified atom stereocenters. The van der Waals surface area contributed by atoms with E-state index >= 15 is 0 Å². The Morgan fingerprint density at radius 2 is 1.87 bits per heavy atom. The number of fused-ring (bicyclic) bond motifs is 3. The average Bonchev–Trinajstić information content (AvgIpc) is 3.03. The van der Waals surface area contributed by atoms with Crippen molar-refractivity contribution in [3.63, 3.8) is 0 Å². The third kappa shape index (κ3) is 4.27. The number of rotatable bonds is 5. The molecule has 0 saturated heterocycles. The van der Waals surface area contributed by atoms with Gasteiger partial charge in [-0.1, -0.05) is 50.3 Å². The van der Waals surface area contributed by atoms with Crippen molar-refractivity contribution in [2.75, 3.05) is 13.6 Å². The van der Waals surface area contributed by atoms with Gasteiger partial charge in [-0.15, -0.1) is 6.58 Å². The topological polar surface area (TPSA) is 8.17 Å². The highest BCUT2D eigenvalue weighted by atomic mass is 19.1. The maximum absolute atomic E-state index is 13.3. The second-order valence-corrected chi connectivity index (χ2v) is 7.92. The Morgan fingerprint density at radius 3 is 2.53 bits per heavy atom. The minimum absolute atomic E-state index is 0.216. The van der Waals surface area contributed by atoms with E-state index in [1.165, 1.54) is 45.4 Å². The van der Waals surface area contributed by atoms with Gasteiger partial charge >= 0.3 is 0 Å². The van der Waals surface area contributed by atoms with Crippen LogP contribution in [0.1, 0.15) is 41.8 Å². The van der Waals surface area contributed by atoms with E-state index in [2.05, 4.69) is 48.7 Å². The predicted octanol–water partition coefficient (Wildman–Crippen LogP) is 6.54. The largest absolute Gasteiger partial charge is 0.340 e. The number of nitrogens with zero attached hydrogens (tertiary/aromatic N) is 2. The van der Waals surface area contributed by atoms with Crippen LogP contribution in [0.25, 0.3) is 16.5 Å². The lowest BCUT2D eigenvalue weighted by atomic mass is 10.00. The summed E-state index contributed by atoms with van der Waals surface area (Å²) in [5.74, 6) is -0.216. The molecule has 2 heterocycles. The Kier molecular flexibility index (Phi) is 6.94. The molecule has 0 N–H and O–H groups in total. The highest BCUT2D eigenvalue weighted by molar-refractivity contribution is 5.90. The summed E-state index contributed by atoms with van der Waals surface area (Å²) in [6.07, 6.45) is 3.86. The molecule has 1 aromatic heterocycles. The molecule has 2 nitrogen and oxygen atoms in total. The smallest absolute Gasteiger partial charge is 0.123 e. The highest BCUT2D eigenvalue weighted by Gasteiger charge is 2.24. The Labute approximate surface area is 180 Å². The lowest BCUT2D eigenvalue weighted by molar-refractivity contribution is 0.310. The number of benzene rings is 2. The van der Waals surface area contributed by atoms with E-state index in [-0.39, 0.29) is 5.82 Å². The van der Waals surface area contributed by atoms with Crippen LogP contribution in [0.4, 0.5) is 4.39 Å². The summed E-state index contributed by atoms with van der Waals surface area (Å²) in [6, 6.07) is 11.2. The van der Waals surface area contributed by atoms with Crippen LogP contribution >= 0.6 is 0 Å². The van der Waals surface area contributed by atoms with E-state index in [4.69, 9.17) is 0 Å². The van der Waals surface area contributed by atoms with Gasteiger partial charge in [-0.25, -0.2) is 4.39 Å². The van der Waals surface area contributed by atoms with E-state index in [0.29, 0.717) is 6.54 Å². The van der Waals surface area contributed by atoms with Gasteiger partial charge in [-0.3, -0.25) is 0 Å². The van der Waals surface area contributed by atoms with Gasteiger partial charge in [0.05, 0.1) is 5.52 Å². The average molecular weight is 405 g/mol. The summed E-state index contributed by atoms with van der Waals surface area (Å²) in [7, 11) is 2.18. The molecular formula is C27H33FN2. The van der Waals surface area contributed by atoms with Crippen molar-refractivity contribution in [1.82, 2.24) is 9.47 Å². The summed E-state index contributed by atoms with van der Waals surface area (Å²) in [4.78, 5) is 2.39. The van der Waals surface area contributed by atoms with E-state index in [0.717, 1.165) is 37.1 Å². The first-order valence-electron chi connectivity index (χ1n) is 10.8. The highest BCUT2D eigenvalue weighted by Crippen LogP contribution is 2.35. The number of hydrogen-bond acceptors (Lipinski definition) is 1. The predicted molar refractivity (Wildman–Crippen MR) is 127 cm³/mol. The van der Waals surface area contributed by atoms with E-state index in [1.807, 2.05) is 32.1 Å². The molecule has 2 aromatic carbocycles. The van der Waals surface area contributed by atoms with E-state index in [1.54, 1.807) is 0 Å². The molecule has 3 heteroatoms. The standard InChI is InChI=1S/C25H27FN2.C2H6/c1-5-6-20-13-17(2)14-22-23-16-27(4)12-11-24(23)28(25(20)22)15-18(3)19-7-9-21(26)10-8-19;1-2/h5,7-10,13-14H,1,3,6,11-12,15-16H2,2,4H3;1-2H3. The van der Waals surface area contributed by atoms with E-state index < -0.39 is 0 Å². The molecule has 3 aromatic rings. The summed E-state index contributed by atoms with van der Waals surface area (Å²) >= 11 is 0. The molecule has 0 atom stereocenters. The summed E-state index contributed by atoms with van der Waals surface area (Å²) in [5, 5.41) is 1.35. The van der Waals surface area contributed by atoms with Gasteiger partial charge in [0.15, 0.2) is 0 Å². The number of hydrogen-bond donors (Lipinski definition) is 0. The molecule has 1 aliphatic rings. The van der Waals surface area contributed by atoms with Gasteiger partial charge in [-0.05, 0) is 60.9 Å². The molecule has 0 bridgehead atoms. The first kappa shape index (κ1) is 22.0. The monoisotopic (exact) mass is 404 g/mol. The van der Waals surface area contributed by atoms with Crippen LogP contribution in [-0.4, -0.2) is 23.1 Å². The first-order valence-corrected chi connectivity index (χ1v) is 10.8. The van der Waals surface area contributed by atoms with E-state index in [9.17, 15) is 4.39 Å². The summed E-state index contributed by atoms with van der Waals surface area (Å²) in [6.45, 7) is 17.2. The molecule has 1 aliphatic heterocycles. The molecule has 0 amide bonds. The van der Waals surface area contributed by atoms with Gasteiger partial charge in [-0.2, -0.15) is 0 Å². The van der Waals surface area contributed by atoms with Crippen LogP contribution in [0, 0.1) is 12.7 Å². The number of likely N-dealkylation sites (N-methyl/N-ethyl adjacent to an activating group) is 1. The third-order valence-corrected chi connectivity index (χ3v) is 5.73. The van der Waals surface area contributed by atoms with Crippen LogP contribution in [0.5, 0.6) is 0 Å². The molecule has 0 spiro atoms. The molecule has 158 valence electrons. The van der Waals surface area contributed by atoms with Crippen LogP contribution in [0.3, 0.4) is 0 Å². The molecule has 0 saturated carbocycles. The van der Waals surface area contributed by atoms with Crippen LogP contribution in [-0.2, 0) is 25.9 Å². The SMILES string of the molecule is C=CCc1cc(C)cc2c3c(n(CC(=C)c4ccc(F)cc4)c12)CCN(C)C3.CC. The van der Waals surface area contributed by atoms with Gasteiger partial charge in [0.1, 0.15) is 5.82 Å². The Hall–Kier alpha value is -2.65. The van der Waals surface area contributed by atoms with Crippen molar-refractivity contribution >= 4 is 16.5 Å². The van der Waals surface area contributed by atoms with Crippen LogP contribution in [0.15, 0.2) is 55.6 Å². The lowest BCUT2D eigenvalue weighted by Gasteiger charge is -2.24. The maximum Gasteiger partial charge on any atom is 0.123 e. The third-order valence-electron chi connectivity index (χ3n) is 5.73. The van der Waals surface area contributed by atoms with Crippen molar-refractivity contribution in [3.8, 4) is 0 Å². The van der Waals surface area contributed by atoms with Crippen molar-refractivity contribution in [3.05, 3.63) is 89.4 Å². The van der Waals surface area contributed by atoms with Crippen molar-refractivity contribution in [2.45, 2.75) is 46.7 Å². The second kappa shape index (κ2) is 9.44. The molecular weight excluding hydrogens is 371 g/mol. The fourth-order valence-corrected chi connectivity index (χ4v) is 4.42. The fraction of sp³-hybridized carbons (Fsp3) is 0.333. The van der Waals surface area contributed by atoms with Gasteiger partial charge in [0.2, 0.25) is 0 Å². The minimum Gasteiger partial charge on any atom is -0.340 e. The molecule has 30 heavy (non-hydrogen) atoms. The van der Waals surface area contributed by atoms with Crippen molar-refractivity contribution in [1.29, 1.82) is 0 Å². The van der Waals surface area contributed by atoms with Gasteiger partial charge in [0.25, 0.3) is 0 Å². The van der Waals surface area contributed by atoms with Crippen LogP contribution < -0.4 is 0 Å². The zero-order chi connectivity index (χ0) is 21.8. The minimum atomic E-state index is -0.216.